The second-order valence-electron chi connectivity index (χ2n) is 5.80. The molecule has 0 bridgehead atoms. The molecule has 10 heteroatoms. The number of hydrogen-bond acceptors (Lipinski definition) is 6. The standard InChI is InChI=1S/C18H16ClN3O6/c1-10-3-4-12(7-11(10)2)20-18(25)21-16(23)9-28-17(24)14-6-5-13(22(26)27)8-15(14)19/h3-8H,9H2,1-2H3,(H2,20,21,23,25). The van der Waals surface area contributed by atoms with Gasteiger partial charge in [-0.2, -0.15) is 0 Å². The molecule has 0 aliphatic rings. The van der Waals surface area contributed by atoms with Gasteiger partial charge < -0.3 is 10.1 Å². The molecule has 146 valence electrons. The first-order chi connectivity index (χ1) is 13.2. The maximum Gasteiger partial charge on any atom is 0.340 e. The number of nitrogens with one attached hydrogen (secondary N) is 2. The number of urea groups is 1. The topological polar surface area (TPSA) is 128 Å². The molecule has 0 fully saturated rings. The molecule has 0 saturated heterocycles. The first kappa shape index (κ1) is 20.8. The zero-order valence-corrected chi connectivity index (χ0v) is 15.7. The largest absolute Gasteiger partial charge is 0.452 e. The molecule has 0 spiro atoms. The molecule has 2 N–H and O–H groups in total. The van der Waals surface area contributed by atoms with Crippen LogP contribution >= 0.6 is 11.6 Å². The van der Waals surface area contributed by atoms with E-state index in [9.17, 15) is 24.5 Å². The van der Waals surface area contributed by atoms with Gasteiger partial charge in [0.15, 0.2) is 6.61 Å². The van der Waals surface area contributed by atoms with E-state index < -0.39 is 29.4 Å². The highest BCUT2D eigenvalue weighted by molar-refractivity contribution is 6.33. The summed E-state index contributed by atoms with van der Waals surface area (Å²) in [4.78, 5) is 45.5. The molecule has 0 unspecified atom stereocenters. The number of non-ortho nitro benzene ring substituents is 1. The van der Waals surface area contributed by atoms with Crippen LogP contribution in [-0.2, 0) is 9.53 Å². The van der Waals surface area contributed by atoms with Crippen LogP contribution in [0.15, 0.2) is 36.4 Å². The Hall–Kier alpha value is -3.46. The molecule has 0 aromatic heterocycles. The number of benzene rings is 2. The van der Waals surface area contributed by atoms with Crippen molar-refractivity contribution in [1.29, 1.82) is 0 Å². The van der Waals surface area contributed by atoms with E-state index in [1.807, 2.05) is 25.2 Å². The van der Waals surface area contributed by atoms with Gasteiger partial charge in [-0.25, -0.2) is 9.59 Å². The number of anilines is 1. The maximum atomic E-state index is 11.9. The first-order valence-corrected chi connectivity index (χ1v) is 8.34. The van der Waals surface area contributed by atoms with E-state index in [4.69, 9.17) is 16.3 Å². The SMILES string of the molecule is Cc1ccc(NC(=O)NC(=O)COC(=O)c2ccc([N+](=O)[O-])cc2Cl)cc1C. The van der Waals surface area contributed by atoms with E-state index in [1.54, 1.807) is 12.1 Å². The molecule has 0 radical (unpaired) electrons. The second-order valence-corrected chi connectivity index (χ2v) is 6.21. The summed E-state index contributed by atoms with van der Waals surface area (Å²) in [7, 11) is 0. The summed E-state index contributed by atoms with van der Waals surface area (Å²) in [5, 5.41) is 15.0. The fourth-order valence-electron chi connectivity index (χ4n) is 2.14. The number of rotatable bonds is 5. The first-order valence-electron chi connectivity index (χ1n) is 7.96. The minimum atomic E-state index is -0.954. The molecule has 2 aromatic carbocycles. The van der Waals surface area contributed by atoms with Crippen molar-refractivity contribution in [3.8, 4) is 0 Å². The molecule has 2 rings (SSSR count). The predicted octanol–water partition coefficient (Wildman–Crippen LogP) is 3.37. The molecule has 2 aromatic rings. The molecule has 28 heavy (non-hydrogen) atoms. The number of hydrogen-bond donors (Lipinski definition) is 2. The summed E-state index contributed by atoms with van der Waals surface area (Å²) in [6, 6.07) is 7.67. The zero-order chi connectivity index (χ0) is 20.8. The minimum absolute atomic E-state index is 0.139. The fourth-order valence-corrected chi connectivity index (χ4v) is 2.39. The van der Waals surface area contributed by atoms with Crippen LogP contribution in [0.4, 0.5) is 16.2 Å². The number of carbonyl (C=O) groups excluding carboxylic acids is 3. The van der Waals surface area contributed by atoms with Gasteiger partial charge in [-0.05, 0) is 43.2 Å². The fraction of sp³-hybridized carbons (Fsp3) is 0.167. The van der Waals surface area contributed by atoms with Gasteiger partial charge in [-0.1, -0.05) is 17.7 Å². The molecular formula is C18H16ClN3O6. The van der Waals surface area contributed by atoms with Crippen LogP contribution in [0.1, 0.15) is 21.5 Å². The number of carbonyl (C=O) groups is 3. The Morgan fingerprint density at radius 2 is 1.82 bits per heavy atom. The smallest absolute Gasteiger partial charge is 0.340 e. The van der Waals surface area contributed by atoms with Crippen molar-refractivity contribution in [2.45, 2.75) is 13.8 Å². The van der Waals surface area contributed by atoms with Crippen molar-refractivity contribution in [3.63, 3.8) is 0 Å². The molecule has 0 aliphatic heterocycles. The highest BCUT2D eigenvalue weighted by Crippen LogP contribution is 2.23. The molecule has 9 nitrogen and oxygen atoms in total. The van der Waals surface area contributed by atoms with Crippen LogP contribution in [0.25, 0.3) is 0 Å². The highest BCUT2D eigenvalue weighted by Gasteiger charge is 2.18. The van der Waals surface area contributed by atoms with E-state index in [0.717, 1.165) is 29.3 Å². The normalized spacial score (nSPS) is 10.1. The van der Waals surface area contributed by atoms with Crippen molar-refractivity contribution < 1.29 is 24.0 Å². The molecule has 0 heterocycles. The van der Waals surface area contributed by atoms with Gasteiger partial charge in [0.25, 0.3) is 11.6 Å². The monoisotopic (exact) mass is 405 g/mol. The summed E-state index contributed by atoms with van der Waals surface area (Å²) < 4.78 is 4.77. The second kappa shape index (κ2) is 8.96. The molecular weight excluding hydrogens is 390 g/mol. The Kier molecular flexibility index (Phi) is 6.67. The lowest BCUT2D eigenvalue weighted by Gasteiger charge is -2.09. The number of esters is 1. The summed E-state index contributed by atoms with van der Waals surface area (Å²) >= 11 is 5.81. The van der Waals surface area contributed by atoms with E-state index in [1.165, 1.54) is 0 Å². The lowest BCUT2D eigenvalue weighted by Crippen LogP contribution is -2.37. The third-order valence-corrected chi connectivity index (χ3v) is 4.05. The van der Waals surface area contributed by atoms with E-state index in [-0.39, 0.29) is 16.3 Å². The quantitative estimate of drug-likeness (QED) is 0.446. The van der Waals surface area contributed by atoms with Crippen LogP contribution < -0.4 is 10.6 Å². The summed E-state index contributed by atoms with van der Waals surface area (Å²) in [5.41, 5.74) is 2.10. The summed E-state index contributed by atoms with van der Waals surface area (Å²) in [6.45, 7) is 3.08. The number of ether oxygens (including phenoxy) is 1. The minimum Gasteiger partial charge on any atom is -0.452 e. The number of nitrogens with zero attached hydrogens (tertiary/aromatic N) is 1. The Bertz CT molecular complexity index is 960. The van der Waals surface area contributed by atoms with Gasteiger partial charge in [-0.3, -0.25) is 20.2 Å². The maximum absolute atomic E-state index is 11.9. The average molecular weight is 406 g/mol. The average Bonchev–Trinajstić information content (AvgIpc) is 2.62. The van der Waals surface area contributed by atoms with Crippen molar-refractivity contribution >= 4 is 40.9 Å². The zero-order valence-electron chi connectivity index (χ0n) is 14.9. The van der Waals surface area contributed by atoms with Crippen molar-refractivity contribution in [3.05, 3.63) is 68.2 Å². The molecule has 0 aliphatic carbocycles. The van der Waals surface area contributed by atoms with Gasteiger partial charge in [-0.15, -0.1) is 0 Å². The van der Waals surface area contributed by atoms with Crippen LogP contribution in [0.3, 0.4) is 0 Å². The van der Waals surface area contributed by atoms with Gasteiger partial charge in [0, 0.05) is 17.8 Å². The number of halogens is 1. The van der Waals surface area contributed by atoms with Crippen LogP contribution in [-0.4, -0.2) is 29.4 Å². The molecule has 0 saturated carbocycles. The Morgan fingerprint density at radius 3 is 2.43 bits per heavy atom. The number of nitro benzene ring substituents is 1. The summed E-state index contributed by atoms with van der Waals surface area (Å²) in [5.74, 6) is -1.81. The number of aryl methyl sites for hydroxylation is 2. The van der Waals surface area contributed by atoms with Crippen LogP contribution in [0.5, 0.6) is 0 Å². The predicted molar refractivity (Wildman–Crippen MR) is 101 cm³/mol. The number of amides is 3. The highest BCUT2D eigenvalue weighted by atomic mass is 35.5. The van der Waals surface area contributed by atoms with Crippen molar-refractivity contribution in [2.24, 2.45) is 0 Å². The number of imide groups is 1. The van der Waals surface area contributed by atoms with E-state index in [2.05, 4.69) is 5.32 Å². The molecule has 3 amide bonds. The van der Waals surface area contributed by atoms with E-state index >= 15 is 0 Å². The van der Waals surface area contributed by atoms with E-state index in [0.29, 0.717) is 5.69 Å². The Balaban J connectivity index is 1.87. The van der Waals surface area contributed by atoms with Gasteiger partial charge >= 0.3 is 12.0 Å². The lowest BCUT2D eigenvalue weighted by molar-refractivity contribution is -0.384. The van der Waals surface area contributed by atoms with Gasteiger partial charge in [0.05, 0.1) is 15.5 Å². The summed E-state index contributed by atoms with van der Waals surface area (Å²) in [6.07, 6.45) is 0. The Labute approximate surface area is 164 Å². The van der Waals surface area contributed by atoms with Gasteiger partial charge in [0.2, 0.25) is 0 Å². The van der Waals surface area contributed by atoms with Crippen LogP contribution in [0, 0.1) is 24.0 Å². The van der Waals surface area contributed by atoms with Crippen molar-refractivity contribution in [1.82, 2.24) is 5.32 Å². The Morgan fingerprint density at radius 1 is 1.11 bits per heavy atom. The third kappa shape index (κ3) is 5.52. The number of nitro groups is 1. The molecule has 0 atom stereocenters. The van der Waals surface area contributed by atoms with Crippen LogP contribution in [0.2, 0.25) is 5.02 Å². The van der Waals surface area contributed by atoms with Crippen molar-refractivity contribution in [2.75, 3.05) is 11.9 Å². The lowest BCUT2D eigenvalue weighted by atomic mass is 10.1. The third-order valence-electron chi connectivity index (χ3n) is 3.74. The van der Waals surface area contributed by atoms with Gasteiger partial charge in [0.1, 0.15) is 0 Å².